The summed E-state index contributed by atoms with van der Waals surface area (Å²) in [7, 11) is 0. The highest BCUT2D eigenvalue weighted by atomic mass is 16.5. The molecule has 2 N–H and O–H groups in total. The third-order valence-electron chi connectivity index (χ3n) is 7.65. The largest absolute Gasteiger partial charge is 0.481 e. The van der Waals surface area contributed by atoms with Crippen LogP contribution in [-0.4, -0.2) is 54.2 Å². The summed E-state index contributed by atoms with van der Waals surface area (Å²) in [6.45, 7) is 1.99. The number of hydrogen-bond donors (Lipinski definition) is 2. The van der Waals surface area contributed by atoms with Gasteiger partial charge in [0.05, 0.1) is 0 Å². The van der Waals surface area contributed by atoms with Gasteiger partial charge in [-0.1, -0.05) is 48.5 Å². The van der Waals surface area contributed by atoms with Crippen molar-refractivity contribution >= 4 is 18.0 Å². The highest BCUT2D eigenvalue weighted by molar-refractivity contribution is 5.79. The number of rotatable bonds is 10. The van der Waals surface area contributed by atoms with E-state index in [1.165, 1.54) is 22.3 Å². The van der Waals surface area contributed by atoms with E-state index < -0.39 is 12.1 Å². The van der Waals surface area contributed by atoms with Crippen LogP contribution < -0.4 is 5.32 Å². The number of carbonyl (C=O) groups is 3. The monoisotopic (exact) mass is 476 g/mol. The van der Waals surface area contributed by atoms with Crippen LogP contribution in [0.2, 0.25) is 0 Å². The average Bonchev–Trinajstić information content (AvgIpc) is 3.62. The van der Waals surface area contributed by atoms with Crippen LogP contribution in [0.1, 0.15) is 49.1 Å². The van der Waals surface area contributed by atoms with Crippen molar-refractivity contribution in [2.75, 3.05) is 26.2 Å². The van der Waals surface area contributed by atoms with Gasteiger partial charge in [-0.2, -0.15) is 0 Å². The second-order valence-corrected chi connectivity index (χ2v) is 10.1. The predicted molar refractivity (Wildman–Crippen MR) is 131 cm³/mol. The minimum Gasteiger partial charge on any atom is -0.481 e. The van der Waals surface area contributed by atoms with Crippen LogP contribution in [0.15, 0.2) is 48.5 Å². The molecule has 0 bridgehead atoms. The van der Waals surface area contributed by atoms with Crippen LogP contribution in [0.25, 0.3) is 11.1 Å². The number of carboxylic acid groups (broad SMARTS) is 1. The summed E-state index contributed by atoms with van der Waals surface area (Å²) in [6.07, 6.45) is 2.93. The molecule has 1 unspecified atom stereocenters. The quantitative estimate of drug-likeness (QED) is 0.534. The van der Waals surface area contributed by atoms with E-state index in [1.807, 2.05) is 29.2 Å². The maximum Gasteiger partial charge on any atom is 0.407 e. The van der Waals surface area contributed by atoms with Gasteiger partial charge in [0.1, 0.15) is 6.61 Å². The summed E-state index contributed by atoms with van der Waals surface area (Å²) in [6, 6.07) is 16.5. The van der Waals surface area contributed by atoms with Gasteiger partial charge >= 0.3 is 12.1 Å². The lowest BCUT2D eigenvalue weighted by Crippen LogP contribution is -2.50. The maximum absolute atomic E-state index is 12.7. The molecule has 1 saturated carbocycles. The fourth-order valence-corrected chi connectivity index (χ4v) is 5.47. The fraction of sp³-hybridized carbons (Fsp3) is 0.464. The van der Waals surface area contributed by atoms with Gasteiger partial charge < -0.3 is 20.1 Å². The van der Waals surface area contributed by atoms with Crippen molar-refractivity contribution < 1.29 is 24.2 Å². The zero-order valence-electron chi connectivity index (χ0n) is 19.8. The molecule has 3 aliphatic rings. The first kappa shape index (κ1) is 23.4. The fourth-order valence-electron chi connectivity index (χ4n) is 5.47. The molecule has 1 atom stereocenters. The molecule has 0 radical (unpaired) electrons. The zero-order valence-corrected chi connectivity index (χ0v) is 19.8. The molecule has 7 heteroatoms. The van der Waals surface area contributed by atoms with Crippen molar-refractivity contribution in [1.29, 1.82) is 0 Å². The Bertz CT molecular complexity index is 1060. The van der Waals surface area contributed by atoms with Crippen molar-refractivity contribution in [3.8, 4) is 11.1 Å². The van der Waals surface area contributed by atoms with Gasteiger partial charge in [0.15, 0.2) is 0 Å². The van der Waals surface area contributed by atoms with Crippen molar-refractivity contribution in [2.24, 2.45) is 17.8 Å². The van der Waals surface area contributed by atoms with Crippen LogP contribution in [0.3, 0.4) is 0 Å². The number of fused-ring (bicyclic) bond motifs is 3. The first-order valence-electron chi connectivity index (χ1n) is 12.6. The SMILES string of the molecule is O=C(O)CCC1CN(C(=O)CC(CNC(=O)OCC2c3ccccc3-c3ccccc32)C2CC2)C1. The van der Waals surface area contributed by atoms with Gasteiger partial charge in [-0.05, 0) is 59.3 Å². The van der Waals surface area contributed by atoms with Gasteiger partial charge in [0.25, 0.3) is 0 Å². The van der Waals surface area contributed by atoms with Crippen LogP contribution >= 0.6 is 0 Å². The Hall–Kier alpha value is -3.35. The highest BCUT2D eigenvalue weighted by Gasteiger charge is 2.37. The second kappa shape index (κ2) is 10.1. The van der Waals surface area contributed by atoms with Gasteiger partial charge in [0.2, 0.25) is 5.91 Å². The van der Waals surface area contributed by atoms with Gasteiger partial charge in [-0.15, -0.1) is 0 Å². The summed E-state index contributed by atoms with van der Waals surface area (Å²) < 4.78 is 5.64. The number of carbonyl (C=O) groups excluding carboxylic acids is 2. The Morgan fingerprint density at radius 3 is 2.23 bits per heavy atom. The Balaban J connectivity index is 1.09. The normalized spacial score (nSPS) is 17.8. The molecule has 2 aromatic rings. The van der Waals surface area contributed by atoms with Crippen molar-refractivity contribution in [2.45, 2.75) is 38.0 Å². The van der Waals surface area contributed by atoms with Crippen LogP contribution in [0.5, 0.6) is 0 Å². The smallest absolute Gasteiger partial charge is 0.407 e. The molecule has 1 aliphatic heterocycles. The molecule has 1 heterocycles. The van der Waals surface area contributed by atoms with E-state index in [1.54, 1.807) is 0 Å². The molecule has 5 rings (SSSR count). The van der Waals surface area contributed by atoms with Gasteiger partial charge in [0, 0.05) is 38.4 Å². The molecule has 35 heavy (non-hydrogen) atoms. The lowest BCUT2D eigenvalue weighted by molar-refractivity contribution is -0.140. The minimum atomic E-state index is -0.789. The topological polar surface area (TPSA) is 95.9 Å². The molecule has 1 saturated heterocycles. The molecule has 2 aliphatic carbocycles. The first-order valence-corrected chi connectivity index (χ1v) is 12.6. The lowest BCUT2D eigenvalue weighted by atomic mass is 9.92. The molecule has 0 spiro atoms. The number of benzene rings is 2. The molecule has 7 nitrogen and oxygen atoms in total. The van der Waals surface area contributed by atoms with E-state index in [0.717, 1.165) is 12.8 Å². The van der Waals surface area contributed by atoms with Crippen molar-refractivity contribution in [3.05, 3.63) is 59.7 Å². The molecule has 0 aromatic heterocycles. The van der Waals surface area contributed by atoms with Crippen LogP contribution in [0.4, 0.5) is 4.79 Å². The molecular weight excluding hydrogens is 444 g/mol. The minimum absolute atomic E-state index is 0.0226. The highest BCUT2D eigenvalue weighted by Crippen LogP contribution is 2.44. The van der Waals surface area contributed by atoms with E-state index >= 15 is 0 Å². The Kier molecular flexibility index (Phi) is 6.75. The van der Waals surface area contributed by atoms with E-state index in [0.29, 0.717) is 38.4 Å². The Morgan fingerprint density at radius 2 is 1.63 bits per heavy atom. The van der Waals surface area contributed by atoms with Gasteiger partial charge in [-0.3, -0.25) is 9.59 Å². The summed E-state index contributed by atoms with van der Waals surface area (Å²) in [5.74, 6) is 0.200. The number of amides is 2. The average molecular weight is 477 g/mol. The number of aliphatic carboxylic acids is 1. The van der Waals surface area contributed by atoms with E-state index in [-0.39, 0.29) is 36.7 Å². The number of carboxylic acids is 1. The first-order chi connectivity index (χ1) is 17.0. The molecular formula is C28H32N2O5. The van der Waals surface area contributed by atoms with E-state index in [9.17, 15) is 14.4 Å². The molecule has 2 amide bonds. The Morgan fingerprint density at radius 1 is 1.00 bits per heavy atom. The zero-order chi connectivity index (χ0) is 24.4. The van der Waals surface area contributed by atoms with Crippen LogP contribution in [0, 0.1) is 17.8 Å². The summed E-state index contributed by atoms with van der Waals surface area (Å²) in [5.41, 5.74) is 4.75. The molecule has 184 valence electrons. The number of likely N-dealkylation sites (tertiary alicyclic amines) is 1. The number of alkyl carbamates (subject to hydrolysis) is 1. The van der Waals surface area contributed by atoms with Crippen LogP contribution in [-0.2, 0) is 14.3 Å². The number of nitrogens with one attached hydrogen (secondary N) is 1. The third kappa shape index (κ3) is 5.34. The van der Waals surface area contributed by atoms with Crippen molar-refractivity contribution in [1.82, 2.24) is 10.2 Å². The Labute approximate surface area is 205 Å². The summed E-state index contributed by atoms with van der Waals surface area (Å²) >= 11 is 0. The summed E-state index contributed by atoms with van der Waals surface area (Å²) in [4.78, 5) is 37.8. The summed E-state index contributed by atoms with van der Waals surface area (Å²) in [5, 5.41) is 11.7. The predicted octanol–water partition coefficient (Wildman–Crippen LogP) is 4.26. The lowest BCUT2D eigenvalue weighted by Gasteiger charge is -2.40. The molecule has 2 aromatic carbocycles. The third-order valence-corrected chi connectivity index (χ3v) is 7.65. The van der Waals surface area contributed by atoms with E-state index in [2.05, 4.69) is 29.6 Å². The standard InChI is InChI=1S/C28H32N2O5/c31-26(30-15-18(16-30)9-12-27(32)33)13-20(19-10-11-19)14-29-28(34)35-17-25-23-7-3-1-5-21(23)22-6-2-4-8-24(22)25/h1-8,18-20,25H,9-17H2,(H,29,34)(H,32,33). The second-order valence-electron chi connectivity index (χ2n) is 10.1. The van der Waals surface area contributed by atoms with Gasteiger partial charge in [-0.25, -0.2) is 4.79 Å². The number of ether oxygens (including phenoxy) is 1. The van der Waals surface area contributed by atoms with Crippen molar-refractivity contribution in [3.63, 3.8) is 0 Å². The number of nitrogens with zero attached hydrogens (tertiary/aromatic N) is 1. The van der Waals surface area contributed by atoms with E-state index in [4.69, 9.17) is 9.84 Å². The number of hydrogen-bond acceptors (Lipinski definition) is 4. The maximum atomic E-state index is 12.7. The molecule has 2 fully saturated rings.